The summed E-state index contributed by atoms with van der Waals surface area (Å²) >= 11 is 4.74. The van der Waals surface area contributed by atoms with Crippen LogP contribution in [0.4, 0.5) is 0 Å². The molecule has 0 bridgehead atoms. The summed E-state index contributed by atoms with van der Waals surface area (Å²) in [6, 6.07) is 0. The predicted molar refractivity (Wildman–Crippen MR) is 152 cm³/mol. The number of carboxylic acids is 1. The van der Waals surface area contributed by atoms with Crippen LogP contribution in [0, 0.1) is 5.41 Å². The lowest BCUT2D eigenvalue weighted by Gasteiger charge is -2.50. The number of rotatable bonds is 11. The van der Waals surface area contributed by atoms with Crippen LogP contribution in [0.3, 0.4) is 0 Å². The fraction of sp³-hybridized carbons (Fsp3) is 0.630. The fourth-order valence-electron chi connectivity index (χ4n) is 5.30. The molecule has 250 valence electrons. The highest BCUT2D eigenvalue weighted by Gasteiger charge is 2.61. The number of hydrogen-bond donors (Lipinski definition) is 7. The van der Waals surface area contributed by atoms with E-state index in [2.05, 4.69) is 5.32 Å². The molecule has 0 spiro atoms. The lowest BCUT2D eigenvalue weighted by atomic mass is 9.74. The van der Waals surface area contributed by atoms with Crippen molar-refractivity contribution in [1.82, 2.24) is 5.32 Å². The summed E-state index contributed by atoms with van der Waals surface area (Å²) in [5.74, 6) is -6.30. The fourth-order valence-corrected chi connectivity index (χ4v) is 5.43. The van der Waals surface area contributed by atoms with E-state index in [1.807, 2.05) is 0 Å². The number of allylic oxidation sites excluding steroid dienone is 1. The molecule has 0 radical (unpaired) electrons. The Kier molecular flexibility index (Phi) is 11.9. The van der Waals surface area contributed by atoms with Crippen molar-refractivity contribution in [2.24, 2.45) is 0 Å². The first kappa shape index (κ1) is 36.1. The maximum absolute atomic E-state index is 13.1. The molecule has 0 aromatic heterocycles. The third kappa shape index (κ3) is 7.55. The summed E-state index contributed by atoms with van der Waals surface area (Å²) in [6.45, 7) is 3.39. The van der Waals surface area contributed by atoms with Crippen molar-refractivity contribution in [3.8, 4) is 0 Å². The number of carboxylic acid groups (broad SMARTS) is 1. The number of carbonyl (C=O) groups excluding carboxylic acids is 3. The average molecular weight is 661 g/mol. The molecular formula is C27H36N2O15S. The summed E-state index contributed by atoms with van der Waals surface area (Å²) in [5.41, 5.74) is -4.38. The Morgan fingerprint density at radius 2 is 1.87 bits per heavy atom. The van der Waals surface area contributed by atoms with Gasteiger partial charge >= 0.3 is 17.9 Å². The van der Waals surface area contributed by atoms with Crippen molar-refractivity contribution in [3.05, 3.63) is 23.1 Å². The number of nitrogens with one attached hydrogen (secondary N) is 2. The minimum absolute atomic E-state index is 0.104. The molecule has 0 amide bonds. The monoisotopic (exact) mass is 660 g/mol. The highest BCUT2D eigenvalue weighted by atomic mass is 32.1. The van der Waals surface area contributed by atoms with E-state index in [9.17, 15) is 44.7 Å². The summed E-state index contributed by atoms with van der Waals surface area (Å²) in [7, 11) is 1.34. The largest absolute Gasteiger partial charge is 0.508 e. The molecule has 10 atom stereocenters. The Morgan fingerprint density at radius 1 is 1.20 bits per heavy atom. The Hall–Kier alpha value is -3.36. The Morgan fingerprint density at radius 3 is 2.42 bits per heavy atom. The number of thiocarbonyl (C=S) groups is 1. The van der Waals surface area contributed by atoms with Gasteiger partial charge in [0.2, 0.25) is 0 Å². The van der Waals surface area contributed by atoms with Crippen molar-refractivity contribution in [3.63, 3.8) is 0 Å². The third-order valence-corrected chi connectivity index (χ3v) is 7.75. The molecule has 18 heteroatoms. The van der Waals surface area contributed by atoms with Crippen LogP contribution in [0.25, 0.3) is 0 Å². The van der Waals surface area contributed by atoms with E-state index >= 15 is 0 Å². The van der Waals surface area contributed by atoms with Crippen molar-refractivity contribution < 1.29 is 73.1 Å². The molecule has 0 aromatic rings. The Labute approximate surface area is 262 Å². The first-order valence-electron chi connectivity index (χ1n) is 13.7. The van der Waals surface area contributed by atoms with Crippen LogP contribution in [-0.2, 0) is 47.6 Å². The van der Waals surface area contributed by atoms with Gasteiger partial charge in [-0.3, -0.25) is 15.0 Å². The van der Waals surface area contributed by atoms with Gasteiger partial charge in [0.1, 0.15) is 59.9 Å². The third-order valence-electron chi connectivity index (χ3n) is 7.63. The van der Waals surface area contributed by atoms with Gasteiger partial charge in [-0.2, -0.15) is 0 Å². The number of ether oxygens (including phenoxy) is 6. The number of Topliss-reactive ketones (excluding diaryl/α,β-unsaturated/α-hetero) is 1. The number of methoxy groups -OCH3 is 1. The molecule has 2 fully saturated rings. The second kappa shape index (κ2) is 14.8. The molecule has 1 aliphatic carbocycles. The lowest BCUT2D eigenvalue weighted by molar-refractivity contribution is -0.325. The second-order valence-corrected chi connectivity index (χ2v) is 10.8. The molecular weight excluding hydrogens is 624 g/mol. The first-order chi connectivity index (χ1) is 21.1. The van der Waals surface area contributed by atoms with E-state index in [0.717, 1.165) is 12.4 Å². The molecule has 0 saturated carbocycles. The molecule has 3 aliphatic rings. The van der Waals surface area contributed by atoms with Crippen LogP contribution in [-0.4, -0.2) is 135 Å². The molecule has 2 heterocycles. The van der Waals surface area contributed by atoms with Gasteiger partial charge < -0.3 is 59.3 Å². The number of esters is 2. The van der Waals surface area contributed by atoms with Crippen LogP contribution >= 0.6 is 12.2 Å². The zero-order valence-electron chi connectivity index (χ0n) is 24.7. The van der Waals surface area contributed by atoms with E-state index in [1.54, 1.807) is 0 Å². The molecule has 17 nitrogen and oxygen atoms in total. The van der Waals surface area contributed by atoms with Crippen LogP contribution < -0.4 is 5.32 Å². The topological polar surface area (TPSA) is 261 Å². The van der Waals surface area contributed by atoms with E-state index in [1.165, 1.54) is 27.0 Å². The summed E-state index contributed by atoms with van der Waals surface area (Å²) in [5, 5.41) is 64.4. The van der Waals surface area contributed by atoms with Gasteiger partial charge in [-0.05, 0) is 13.8 Å². The van der Waals surface area contributed by atoms with Crippen molar-refractivity contribution in [2.75, 3.05) is 13.7 Å². The summed E-state index contributed by atoms with van der Waals surface area (Å²) in [6.07, 6.45) is -13.0. The average Bonchev–Trinajstić information content (AvgIpc) is 2.97. The maximum atomic E-state index is 13.1. The summed E-state index contributed by atoms with van der Waals surface area (Å²) < 4.78 is 33.7. The number of aliphatic hydroxyl groups excluding tert-OH is 3. The zero-order valence-corrected chi connectivity index (χ0v) is 25.5. The summed E-state index contributed by atoms with van der Waals surface area (Å²) in [4.78, 5) is 49.4. The van der Waals surface area contributed by atoms with E-state index in [-0.39, 0.29) is 12.1 Å². The number of ketones is 1. The molecule has 3 rings (SSSR count). The molecule has 0 aromatic carbocycles. The second-order valence-electron chi connectivity index (χ2n) is 10.5. The van der Waals surface area contributed by atoms with Crippen LogP contribution in [0.15, 0.2) is 23.1 Å². The van der Waals surface area contributed by atoms with Gasteiger partial charge in [-0.1, -0.05) is 18.3 Å². The molecule has 10 unspecified atom stereocenters. The lowest BCUT2D eigenvalue weighted by Crippen LogP contribution is -2.69. The number of carbonyl (C=O) groups is 4. The van der Waals surface area contributed by atoms with Crippen molar-refractivity contribution >= 4 is 47.1 Å². The number of aliphatic hydroxyl groups is 4. The van der Waals surface area contributed by atoms with Gasteiger partial charge in [-0.15, -0.1) is 0 Å². The minimum atomic E-state index is -2.95. The van der Waals surface area contributed by atoms with E-state index in [0.29, 0.717) is 0 Å². The Bertz CT molecular complexity index is 1270. The highest BCUT2D eigenvalue weighted by Crippen LogP contribution is 2.41. The maximum Gasteiger partial charge on any atom is 0.354 e. The predicted octanol–water partition coefficient (Wildman–Crippen LogP) is -1.44. The van der Waals surface area contributed by atoms with E-state index in [4.69, 9.17) is 46.0 Å². The van der Waals surface area contributed by atoms with Crippen LogP contribution in [0.1, 0.15) is 33.6 Å². The molecule has 7 N–H and O–H groups in total. The minimum Gasteiger partial charge on any atom is -0.508 e. The molecule has 2 saturated heterocycles. The quantitative estimate of drug-likeness (QED) is 0.0760. The normalized spacial score (nSPS) is 35.9. The smallest absolute Gasteiger partial charge is 0.354 e. The van der Waals surface area contributed by atoms with E-state index < -0.39 is 114 Å². The number of hydrogen-bond acceptors (Lipinski definition) is 16. The van der Waals surface area contributed by atoms with Gasteiger partial charge in [0, 0.05) is 20.5 Å². The van der Waals surface area contributed by atoms with Gasteiger partial charge in [0.25, 0.3) is 0 Å². The van der Waals surface area contributed by atoms with Gasteiger partial charge in [0.05, 0.1) is 24.1 Å². The zero-order chi connectivity index (χ0) is 33.8. The van der Waals surface area contributed by atoms with Crippen molar-refractivity contribution in [2.45, 2.75) is 94.3 Å². The SMILES string of the molecule is CC=C(NC=S)C(=O)OC1C(COC(C)=O)OC(C2(O)CC(=O)C(=N)C(C(=O)O)=C2O)C(O)C1OC1CC(OC)C(O)C(C)O1. The van der Waals surface area contributed by atoms with Crippen LogP contribution in [0.5, 0.6) is 0 Å². The van der Waals surface area contributed by atoms with Crippen LogP contribution in [0.2, 0.25) is 0 Å². The Balaban J connectivity index is 2.14. The number of aliphatic carboxylic acids is 1. The molecule has 45 heavy (non-hydrogen) atoms. The standard InChI is InChI=1S/C27H36N2O15S/c1-5-12(29-9-45)26(37)44-21-15(8-40-11(3)30)42-24(27(38)7-13(31)18(28)17(23(27)34)25(35)36)20(33)22(21)43-16-6-14(39-4)19(32)10(2)41-16/h5,9-10,14-16,19-22,24,28,32-34,38H,6-8H2,1-4H3,(H,29,45)(H,35,36). The van der Waals surface area contributed by atoms with Gasteiger partial charge in [-0.25, -0.2) is 9.59 Å². The highest BCUT2D eigenvalue weighted by molar-refractivity contribution is 7.78. The first-order valence-corrected chi connectivity index (χ1v) is 14.2. The molecule has 2 aliphatic heterocycles. The van der Waals surface area contributed by atoms with Crippen molar-refractivity contribution in [1.29, 1.82) is 5.41 Å². The van der Waals surface area contributed by atoms with Gasteiger partial charge in [0.15, 0.2) is 23.8 Å².